The molecule has 0 fully saturated rings. The number of rotatable bonds is 2. The number of aromatic nitrogens is 4. The molecule has 1 heterocycles. The largest absolute Gasteiger partial charge is 0.232 e. The number of halogens is 2. The van der Waals surface area contributed by atoms with E-state index < -0.39 is 0 Å². The summed E-state index contributed by atoms with van der Waals surface area (Å²) < 4.78 is 1.64. The molecular weight excluding hydrogens is 264 g/mol. The maximum absolute atomic E-state index is 3.81. The summed E-state index contributed by atoms with van der Waals surface area (Å²) in [6, 6.07) is 0. The van der Waals surface area contributed by atoms with Gasteiger partial charge in [0, 0.05) is 12.4 Å². The second kappa shape index (κ2) is 3.43. The van der Waals surface area contributed by atoms with Crippen LogP contribution in [0.4, 0.5) is 0 Å². The Hall–Kier alpha value is 0.0300. The lowest BCUT2D eigenvalue weighted by Gasteiger charge is -2.00. The van der Waals surface area contributed by atoms with Gasteiger partial charge in [0.05, 0.1) is 4.83 Å². The van der Waals surface area contributed by atoms with Crippen LogP contribution in [0.5, 0.6) is 0 Å². The zero-order chi connectivity index (χ0) is 7.56. The normalized spacial score (nSPS) is 13.5. The molecule has 56 valence electrons. The Morgan fingerprint density at radius 3 is 2.80 bits per heavy atom. The van der Waals surface area contributed by atoms with Crippen LogP contribution in [-0.4, -0.2) is 25.5 Å². The van der Waals surface area contributed by atoms with E-state index in [4.69, 9.17) is 0 Å². The van der Waals surface area contributed by atoms with Gasteiger partial charge in [-0.15, -0.1) is 5.10 Å². The number of hydrogen-bond donors (Lipinski definition) is 0. The summed E-state index contributed by atoms with van der Waals surface area (Å²) in [7, 11) is 1.81. The van der Waals surface area contributed by atoms with Crippen LogP contribution in [0.3, 0.4) is 0 Å². The summed E-state index contributed by atoms with van der Waals surface area (Å²) in [6.07, 6.45) is 0. The van der Waals surface area contributed by atoms with Gasteiger partial charge >= 0.3 is 0 Å². The fourth-order valence-corrected chi connectivity index (χ4v) is 1.25. The van der Waals surface area contributed by atoms with Crippen LogP contribution in [0.15, 0.2) is 0 Å². The quantitative estimate of drug-likeness (QED) is 0.754. The molecule has 0 amide bonds. The third-order valence-corrected chi connectivity index (χ3v) is 3.32. The second-order valence-corrected chi connectivity index (χ2v) is 3.54. The number of tetrazole rings is 1. The Kier molecular flexibility index (Phi) is 2.79. The van der Waals surface area contributed by atoms with Crippen LogP contribution < -0.4 is 0 Å². The molecule has 0 saturated carbocycles. The van der Waals surface area contributed by atoms with E-state index >= 15 is 0 Å². The fourth-order valence-electron chi connectivity index (χ4n) is 0.571. The average molecular weight is 270 g/mol. The van der Waals surface area contributed by atoms with Crippen molar-refractivity contribution in [2.24, 2.45) is 7.05 Å². The van der Waals surface area contributed by atoms with Gasteiger partial charge in [0.1, 0.15) is 0 Å². The first-order chi connectivity index (χ1) is 4.75. The van der Waals surface area contributed by atoms with E-state index in [0.29, 0.717) is 0 Å². The minimum Gasteiger partial charge on any atom is -0.232 e. The van der Waals surface area contributed by atoms with E-state index in [9.17, 15) is 0 Å². The molecule has 1 aromatic rings. The summed E-state index contributed by atoms with van der Waals surface area (Å²) in [4.78, 5) is 0.187. The van der Waals surface area contributed by atoms with Crippen molar-refractivity contribution in [1.82, 2.24) is 20.2 Å². The molecule has 0 aliphatic carbocycles. The lowest BCUT2D eigenvalue weighted by atomic mass is 10.5. The molecule has 0 aliphatic heterocycles. The zero-order valence-corrected chi connectivity index (χ0v) is 8.50. The SMILES string of the molecule is Cn1nnnc1C(Br)CBr. The smallest absolute Gasteiger partial charge is 0.165 e. The maximum Gasteiger partial charge on any atom is 0.165 e. The maximum atomic E-state index is 3.81. The lowest BCUT2D eigenvalue weighted by Crippen LogP contribution is -2.02. The minimum absolute atomic E-state index is 0.187. The van der Waals surface area contributed by atoms with Crippen LogP contribution in [-0.2, 0) is 7.05 Å². The molecule has 1 unspecified atom stereocenters. The number of nitrogens with zero attached hydrogens (tertiary/aromatic N) is 4. The van der Waals surface area contributed by atoms with Gasteiger partial charge in [0.2, 0.25) is 0 Å². The van der Waals surface area contributed by atoms with Crippen LogP contribution >= 0.6 is 31.9 Å². The molecular formula is C4H6Br2N4. The Morgan fingerprint density at radius 1 is 1.70 bits per heavy atom. The van der Waals surface area contributed by atoms with Crippen LogP contribution in [0.25, 0.3) is 0 Å². The Morgan fingerprint density at radius 2 is 2.40 bits per heavy atom. The molecule has 10 heavy (non-hydrogen) atoms. The summed E-state index contributed by atoms with van der Waals surface area (Å²) in [5, 5.41) is 11.8. The summed E-state index contributed by atoms with van der Waals surface area (Å²) in [5.41, 5.74) is 0. The van der Waals surface area contributed by atoms with E-state index in [1.54, 1.807) is 4.68 Å². The molecule has 0 saturated heterocycles. The molecule has 1 atom stereocenters. The molecule has 0 aromatic carbocycles. The molecule has 0 spiro atoms. The van der Waals surface area contributed by atoms with Crippen molar-refractivity contribution in [3.05, 3.63) is 5.82 Å². The Bertz CT molecular complexity index is 211. The standard InChI is InChI=1S/C4H6Br2N4/c1-10-4(3(6)2-5)7-8-9-10/h3H,2H2,1H3. The highest BCUT2D eigenvalue weighted by atomic mass is 79.9. The van der Waals surface area contributed by atoms with Crippen molar-refractivity contribution < 1.29 is 0 Å². The number of alkyl halides is 2. The van der Waals surface area contributed by atoms with E-state index in [0.717, 1.165) is 11.2 Å². The predicted molar refractivity (Wildman–Crippen MR) is 44.3 cm³/mol. The van der Waals surface area contributed by atoms with Gasteiger partial charge in [-0.2, -0.15) is 0 Å². The van der Waals surface area contributed by atoms with Gasteiger partial charge in [-0.05, 0) is 10.4 Å². The van der Waals surface area contributed by atoms with E-state index in [1.165, 1.54) is 0 Å². The second-order valence-electron chi connectivity index (χ2n) is 1.78. The molecule has 0 radical (unpaired) electrons. The van der Waals surface area contributed by atoms with Crippen molar-refractivity contribution >= 4 is 31.9 Å². The molecule has 0 aliphatic rings. The molecule has 0 N–H and O–H groups in total. The van der Waals surface area contributed by atoms with Crippen molar-refractivity contribution in [3.8, 4) is 0 Å². The van der Waals surface area contributed by atoms with E-state index in [2.05, 4.69) is 47.4 Å². The Balaban J connectivity index is 2.82. The zero-order valence-electron chi connectivity index (χ0n) is 5.33. The molecule has 4 nitrogen and oxygen atoms in total. The van der Waals surface area contributed by atoms with Crippen molar-refractivity contribution in [3.63, 3.8) is 0 Å². The van der Waals surface area contributed by atoms with Crippen LogP contribution in [0.2, 0.25) is 0 Å². The lowest BCUT2D eigenvalue weighted by molar-refractivity contribution is 0.682. The summed E-state index contributed by atoms with van der Waals surface area (Å²) in [5.74, 6) is 0.830. The highest BCUT2D eigenvalue weighted by Gasteiger charge is 2.11. The first-order valence-corrected chi connectivity index (χ1v) is 4.71. The van der Waals surface area contributed by atoms with Gasteiger partial charge in [0.15, 0.2) is 5.82 Å². The number of hydrogen-bond acceptors (Lipinski definition) is 3. The molecule has 1 aromatic heterocycles. The van der Waals surface area contributed by atoms with E-state index in [1.807, 2.05) is 7.05 Å². The van der Waals surface area contributed by atoms with Crippen LogP contribution in [0, 0.1) is 0 Å². The fraction of sp³-hybridized carbons (Fsp3) is 0.750. The molecule has 0 bridgehead atoms. The van der Waals surface area contributed by atoms with Gasteiger partial charge in [-0.25, -0.2) is 4.68 Å². The minimum atomic E-state index is 0.187. The van der Waals surface area contributed by atoms with Crippen molar-refractivity contribution in [2.75, 3.05) is 5.33 Å². The van der Waals surface area contributed by atoms with Gasteiger partial charge < -0.3 is 0 Å². The van der Waals surface area contributed by atoms with Gasteiger partial charge in [-0.3, -0.25) is 0 Å². The summed E-state index contributed by atoms with van der Waals surface area (Å²) in [6.45, 7) is 0. The van der Waals surface area contributed by atoms with E-state index in [-0.39, 0.29) is 4.83 Å². The third-order valence-electron chi connectivity index (χ3n) is 1.07. The third kappa shape index (κ3) is 1.54. The molecule has 6 heteroatoms. The molecule has 1 rings (SSSR count). The van der Waals surface area contributed by atoms with Gasteiger partial charge in [-0.1, -0.05) is 31.9 Å². The van der Waals surface area contributed by atoms with Gasteiger partial charge in [0.25, 0.3) is 0 Å². The van der Waals surface area contributed by atoms with Crippen molar-refractivity contribution in [1.29, 1.82) is 0 Å². The number of aryl methyl sites for hydroxylation is 1. The highest BCUT2D eigenvalue weighted by molar-refractivity contribution is 9.12. The van der Waals surface area contributed by atoms with Crippen LogP contribution in [0.1, 0.15) is 10.7 Å². The highest BCUT2D eigenvalue weighted by Crippen LogP contribution is 2.20. The summed E-state index contributed by atoms with van der Waals surface area (Å²) >= 11 is 6.72. The average Bonchev–Trinajstić information content (AvgIpc) is 2.34. The van der Waals surface area contributed by atoms with Crippen molar-refractivity contribution in [2.45, 2.75) is 4.83 Å². The topological polar surface area (TPSA) is 43.6 Å². The first kappa shape index (κ1) is 8.13. The first-order valence-electron chi connectivity index (χ1n) is 2.68. The predicted octanol–water partition coefficient (Wildman–Crippen LogP) is 1.04. The monoisotopic (exact) mass is 268 g/mol. The Labute approximate surface area is 75.2 Å².